The third-order valence-electron chi connectivity index (χ3n) is 2.35. The Morgan fingerprint density at radius 2 is 2.15 bits per heavy atom. The zero-order valence-corrected chi connectivity index (χ0v) is 8.50. The van der Waals surface area contributed by atoms with Crippen molar-refractivity contribution in [2.24, 2.45) is 7.05 Å². The maximum Gasteiger partial charge on any atom is 0.200 e. The van der Waals surface area contributed by atoms with Gasteiger partial charge in [-0.25, -0.2) is 8.42 Å². The van der Waals surface area contributed by atoms with Gasteiger partial charge in [-0.05, 0) is 25.8 Å². The minimum atomic E-state index is -3.10. The third-order valence-corrected chi connectivity index (χ3v) is 4.48. The van der Waals surface area contributed by atoms with Crippen LogP contribution < -0.4 is 0 Å². The number of hydrogen-bond donors (Lipinski definition) is 0. The summed E-state index contributed by atoms with van der Waals surface area (Å²) in [5.74, 6) is 0. The van der Waals surface area contributed by atoms with Crippen LogP contribution in [0.1, 0.15) is 18.5 Å². The number of sulfone groups is 1. The molecule has 0 radical (unpaired) electrons. The monoisotopic (exact) mass is 200 g/mol. The Morgan fingerprint density at radius 3 is 2.54 bits per heavy atom. The first kappa shape index (κ1) is 8.74. The summed E-state index contributed by atoms with van der Waals surface area (Å²) in [7, 11) is -1.35. The summed E-state index contributed by atoms with van der Waals surface area (Å²) in [6.45, 7) is 1.85. The smallest absolute Gasteiger partial charge is 0.200 e. The zero-order valence-electron chi connectivity index (χ0n) is 7.69. The van der Waals surface area contributed by atoms with Gasteiger partial charge in [0.25, 0.3) is 0 Å². The summed E-state index contributed by atoms with van der Waals surface area (Å²) in [5, 5.41) is 4.04. The Bertz CT molecular complexity index is 409. The van der Waals surface area contributed by atoms with Crippen LogP contribution in [0.5, 0.6) is 0 Å². The van der Waals surface area contributed by atoms with Gasteiger partial charge in [0.2, 0.25) is 0 Å². The average molecular weight is 200 g/mol. The van der Waals surface area contributed by atoms with Crippen LogP contribution in [0.2, 0.25) is 0 Å². The molecule has 13 heavy (non-hydrogen) atoms. The minimum absolute atomic E-state index is 0.165. The van der Waals surface area contributed by atoms with Crippen LogP contribution in [0.3, 0.4) is 0 Å². The lowest BCUT2D eigenvalue weighted by Crippen LogP contribution is -2.08. The molecule has 0 unspecified atom stereocenters. The van der Waals surface area contributed by atoms with Crippen molar-refractivity contribution in [1.29, 1.82) is 0 Å². The number of aryl methyl sites for hydroxylation is 2. The van der Waals surface area contributed by atoms with Gasteiger partial charge in [-0.3, -0.25) is 4.68 Å². The Hall–Kier alpha value is -0.840. The molecule has 1 aliphatic carbocycles. The standard InChI is InChI=1S/C8H12N2O2S/c1-6-5-8(9-10(6)2)13(11,12)7-3-4-7/h5,7H,3-4H2,1-2H3. The predicted molar refractivity (Wildman–Crippen MR) is 48.2 cm³/mol. The minimum Gasteiger partial charge on any atom is -0.272 e. The molecule has 1 aromatic heterocycles. The number of hydrogen-bond acceptors (Lipinski definition) is 3. The molecule has 0 bridgehead atoms. The largest absolute Gasteiger partial charge is 0.272 e. The van der Waals surface area contributed by atoms with E-state index < -0.39 is 9.84 Å². The second-order valence-corrected chi connectivity index (χ2v) is 5.67. The van der Waals surface area contributed by atoms with Crippen molar-refractivity contribution in [2.45, 2.75) is 30.0 Å². The second kappa shape index (κ2) is 2.57. The molecule has 0 N–H and O–H groups in total. The molecular formula is C8H12N2O2S. The van der Waals surface area contributed by atoms with Crippen LogP contribution in [-0.4, -0.2) is 23.4 Å². The first-order chi connectivity index (χ1) is 6.01. The van der Waals surface area contributed by atoms with Crippen LogP contribution in [0.25, 0.3) is 0 Å². The Labute approximate surface area is 77.5 Å². The molecule has 1 saturated carbocycles. The molecule has 0 amide bonds. The Balaban J connectivity index is 2.45. The summed E-state index contributed by atoms with van der Waals surface area (Å²) >= 11 is 0. The quantitative estimate of drug-likeness (QED) is 0.705. The second-order valence-electron chi connectivity index (χ2n) is 3.49. The summed E-state index contributed by atoms with van der Waals surface area (Å²) in [4.78, 5) is 0. The molecule has 0 atom stereocenters. The SMILES string of the molecule is Cc1cc(S(=O)(=O)C2CC2)nn1C. The molecule has 0 saturated heterocycles. The molecule has 4 nitrogen and oxygen atoms in total. The van der Waals surface area contributed by atoms with Gasteiger partial charge in [-0.2, -0.15) is 5.10 Å². The molecule has 1 aromatic rings. The van der Waals surface area contributed by atoms with Crippen LogP contribution in [0.4, 0.5) is 0 Å². The molecule has 72 valence electrons. The lowest BCUT2D eigenvalue weighted by atomic mass is 10.5. The van der Waals surface area contributed by atoms with Crippen molar-refractivity contribution in [3.05, 3.63) is 11.8 Å². The van der Waals surface area contributed by atoms with Crippen molar-refractivity contribution < 1.29 is 8.42 Å². The van der Waals surface area contributed by atoms with Gasteiger partial charge in [-0.15, -0.1) is 0 Å². The van der Waals surface area contributed by atoms with Crippen LogP contribution in [-0.2, 0) is 16.9 Å². The highest BCUT2D eigenvalue weighted by Crippen LogP contribution is 2.32. The van der Waals surface area contributed by atoms with E-state index in [2.05, 4.69) is 5.10 Å². The predicted octanol–water partition coefficient (Wildman–Crippen LogP) is 0.665. The van der Waals surface area contributed by atoms with E-state index in [0.29, 0.717) is 0 Å². The van der Waals surface area contributed by atoms with Gasteiger partial charge in [0.1, 0.15) is 0 Å². The van der Waals surface area contributed by atoms with E-state index in [4.69, 9.17) is 0 Å². The number of aromatic nitrogens is 2. The highest BCUT2D eigenvalue weighted by molar-refractivity contribution is 7.92. The fourth-order valence-electron chi connectivity index (χ4n) is 1.22. The first-order valence-electron chi connectivity index (χ1n) is 4.26. The molecule has 1 aliphatic rings. The van der Waals surface area contributed by atoms with Gasteiger partial charge in [0.15, 0.2) is 14.9 Å². The molecule has 0 spiro atoms. The van der Waals surface area contributed by atoms with E-state index in [1.165, 1.54) is 0 Å². The molecule has 0 aromatic carbocycles. The number of nitrogens with zero attached hydrogens (tertiary/aromatic N) is 2. The maximum atomic E-state index is 11.7. The molecule has 5 heteroatoms. The van der Waals surface area contributed by atoms with Crippen molar-refractivity contribution in [1.82, 2.24) is 9.78 Å². The highest BCUT2D eigenvalue weighted by Gasteiger charge is 2.38. The van der Waals surface area contributed by atoms with Crippen molar-refractivity contribution in [3.63, 3.8) is 0 Å². The fourth-order valence-corrected chi connectivity index (χ4v) is 2.89. The summed E-state index contributed by atoms with van der Waals surface area (Å²) in [6, 6.07) is 1.63. The van der Waals surface area contributed by atoms with E-state index in [1.54, 1.807) is 17.8 Å². The lowest BCUT2D eigenvalue weighted by molar-refractivity contribution is 0.586. The topological polar surface area (TPSA) is 52.0 Å². The van der Waals surface area contributed by atoms with E-state index in [-0.39, 0.29) is 10.3 Å². The summed E-state index contributed by atoms with van der Waals surface area (Å²) < 4.78 is 25.0. The molecular weight excluding hydrogens is 188 g/mol. The Morgan fingerprint density at radius 1 is 1.54 bits per heavy atom. The fraction of sp³-hybridized carbons (Fsp3) is 0.625. The van der Waals surface area contributed by atoms with E-state index in [0.717, 1.165) is 18.5 Å². The summed E-state index contributed by atoms with van der Waals surface area (Å²) in [6.07, 6.45) is 1.58. The normalized spacial score (nSPS) is 17.7. The third kappa shape index (κ3) is 1.37. The molecule has 1 fully saturated rings. The van der Waals surface area contributed by atoms with Crippen LogP contribution in [0.15, 0.2) is 11.1 Å². The van der Waals surface area contributed by atoms with Gasteiger partial charge in [0.05, 0.1) is 5.25 Å². The van der Waals surface area contributed by atoms with Gasteiger partial charge >= 0.3 is 0 Å². The lowest BCUT2D eigenvalue weighted by Gasteiger charge is -1.95. The van der Waals surface area contributed by atoms with Gasteiger partial charge < -0.3 is 0 Å². The van der Waals surface area contributed by atoms with Crippen molar-refractivity contribution in [3.8, 4) is 0 Å². The summed E-state index contributed by atoms with van der Waals surface area (Å²) in [5.41, 5.74) is 0.874. The molecule has 2 rings (SSSR count). The average Bonchev–Trinajstić information content (AvgIpc) is 2.81. The van der Waals surface area contributed by atoms with Gasteiger partial charge in [-0.1, -0.05) is 0 Å². The van der Waals surface area contributed by atoms with Crippen LogP contribution >= 0.6 is 0 Å². The highest BCUT2D eigenvalue weighted by atomic mass is 32.2. The Kier molecular flexibility index (Phi) is 1.73. The van der Waals surface area contributed by atoms with E-state index in [1.807, 2.05) is 6.92 Å². The van der Waals surface area contributed by atoms with E-state index >= 15 is 0 Å². The molecule has 0 aliphatic heterocycles. The van der Waals surface area contributed by atoms with Crippen molar-refractivity contribution >= 4 is 9.84 Å². The number of rotatable bonds is 2. The van der Waals surface area contributed by atoms with Gasteiger partial charge in [0, 0.05) is 12.7 Å². The first-order valence-corrected chi connectivity index (χ1v) is 5.81. The maximum absolute atomic E-state index is 11.7. The van der Waals surface area contributed by atoms with Crippen molar-refractivity contribution in [2.75, 3.05) is 0 Å². The molecule has 1 heterocycles. The van der Waals surface area contributed by atoms with E-state index in [9.17, 15) is 8.42 Å². The van der Waals surface area contributed by atoms with Crippen LogP contribution in [0, 0.1) is 6.92 Å². The zero-order chi connectivity index (χ0) is 9.64.